The molecule has 0 aliphatic carbocycles. The van der Waals surface area contributed by atoms with Crippen molar-refractivity contribution in [3.8, 4) is 0 Å². The number of aryl methyl sites for hydroxylation is 1. The minimum atomic E-state index is -0.553. The zero-order chi connectivity index (χ0) is 14.2. The number of nitrogens with zero attached hydrogens (tertiary/aromatic N) is 2. The molecule has 0 bridgehead atoms. The van der Waals surface area contributed by atoms with Gasteiger partial charge in [-0.1, -0.05) is 23.2 Å². The van der Waals surface area contributed by atoms with Crippen LogP contribution in [0.1, 0.15) is 41.5 Å². The van der Waals surface area contributed by atoms with Crippen LogP contribution in [0.3, 0.4) is 0 Å². The standard InChI is InChI=1S/C14H14ClFN2O/c1-8(2)18-13(11(15)7-17-18)14(19)10-6-9(3)4-5-12(10)16/h4-8H,1-3H3. The van der Waals surface area contributed by atoms with Crippen LogP contribution in [0.5, 0.6) is 0 Å². The number of rotatable bonds is 3. The minimum absolute atomic E-state index is 0.0179. The first kappa shape index (κ1) is 13.7. The zero-order valence-corrected chi connectivity index (χ0v) is 11.7. The number of ketones is 1. The largest absolute Gasteiger partial charge is 0.287 e. The highest BCUT2D eigenvalue weighted by molar-refractivity contribution is 6.34. The van der Waals surface area contributed by atoms with Crippen LogP contribution >= 0.6 is 11.6 Å². The Balaban J connectivity index is 2.56. The molecule has 1 heterocycles. The predicted octanol–water partition coefficient (Wildman–Crippen LogP) is 3.80. The smallest absolute Gasteiger partial charge is 0.215 e. The molecular formula is C14H14ClFN2O. The van der Waals surface area contributed by atoms with Crippen molar-refractivity contribution in [2.24, 2.45) is 0 Å². The van der Waals surface area contributed by atoms with E-state index < -0.39 is 11.6 Å². The Morgan fingerprint density at radius 2 is 2.11 bits per heavy atom. The highest BCUT2D eigenvalue weighted by atomic mass is 35.5. The van der Waals surface area contributed by atoms with Gasteiger partial charge in [-0.3, -0.25) is 9.48 Å². The molecule has 0 aliphatic heterocycles. The fourth-order valence-corrected chi connectivity index (χ4v) is 2.10. The third-order valence-corrected chi connectivity index (χ3v) is 3.10. The van der Waals surface area contributed by atoms with Crippen molar-refractivity contribution in [2.75, 3.05) is 0 Å². The number of benzene rings is 1. The number of hydrogen-bond acceptors (Lipinski definition) is 2. The molecule has 0 atom stereocenters. The van der Waals surface area contributed by atoms with Gasteiger partial charge >= 0.3 is 0 Å². The Morgan fingerprint density at radius 3 is 2.74 bits per heavy atom. The molecule has 100 valence electrons. The maximum Gasteiger partial charge on any atom is 0.215 e. The van der Waals surface area contributed by atoms with Crippen LogP contribution in [-0.2, 0) is 0 Å². The number of halogens is 2. The van der Waals surface area contributed by atoms with Crippen LogP contribution < -0.4 is 0 Å². The summed E-state index contributed by atoms with van der Waals surface area (Å²) in [6, 6.07) is 4.39. The summed E-state index contributed by atoms with van der Waals surface area (Å²) in [7, 11) is 0. The first-order valence-electron chi connectivity index (χ1n) is 5.95. The molecule has 0 radical (unpaired) electrons. The second-order valence-corrected chi connectivity index (χ2v) is 5.10. The number of carbonyl (C=O) groups is 1. The van der Waals surface area contributed by atoms with E-state index in [0.29, 0.717) is 0 Å². The zero-order valence-electron chi connectivity index (χ0n) is 10.9. The summed E-state index contributed by atoms with van der Waals surface area (Å²) in [5.74, 6) is -0.999. The van der Waals surface area contributed by atoms with E-state index in [1.807, 2.05) is 13.8 Å². The molecule has 0 aliphatic rings. The van der Waals surface area contributed by atoms with Gasteiger partial charge in [0.1, 0.15) is 11.5 Å². The van der Waals surface area contributed by atoms with Gasteiger partial charge in [0.25, 0.3) is 0 Å². The van der Waals surface area contributed by atoms with Crippen molar-refractivity contribution < 1.29 is 9.18 Å². The van der Waals surface area contributed by atoms with Crippen LogP contribution in [0.25, 0.3) is 0 Å². The molecule has 5 heteroatoms. The van der Waals surface area contributed by atoms with Crippen molar-refractivity contribution in [3.05, 3.63) is 52.1 Å². The van der Waals surface area contributed by atoms with E-state index >= 15 is 0 Å². The van der Waals surface area contributed by atoms with Gasteiger partial charge in [0.05, 0.1) is 16.8 Å². The maximum absolute atomic E-state index is 13.8. The quantitative estimate of drug-likeness (QED) is 0.802. The van der Waals surface area contributed by atoms with Crippen LogP contribution in [0.15, 0.2) is 24.4 Å². The second kappa shape index (κ2) is 5.13. The van der Waals surface area contributed by atoms with Crippen molar-refractivity contribution in [3.63, 3.8) is 0 Å². The molecule has 0 amide bonds. The van der Waals surface area contributed by atoms with Gasteiger partial charge in [-0.25, -0.2) is 4.39 Å². The summed E-state index contributed by atoms with van der Waals surface area (Å²) in [6.07, 6.45) is 1.41. The van der Waals surface area contributed by atoms with Crippen LogP contribution in [-0.4, -0.2) is 15.6 Å². The molecule has 3 nitrogen and oxygen atoms in total. The molecule has 0 fully saturated rings. The van der Waals surface area contributed by atoms with Gasteiger partial charge in [0.2, 0.25) is 5.78 Å². The van der Waals surface area contributed by atoms with E-state index in [9.17, 15) is 9.18 Å². The normalized spacial score (nSPS) is 11.1. The van der Waals surface area contributed by atoms with E-state index in [4.69, 9.17) is 11.6 Å². The van der Waals surface area contributed by atoms with E-state index in [1.165, 1.54) is 23.0 Å². The fraction of sp³-hybridized carbons (Fsp3) is 0.286. The average molecular weight is 281 g/mol. The van der Waals surface area contributed by atoms with E-state index in [-0.39, 0.29) is 22.3 Å². The summed E-state index contributed by atoms with van der Waals surface area (Å²) in [5.41, 5.74) is 1.06. The Morgan fingerprint density at radius 1 is 1.42 bits per heavy atom. The summed E-state index contributed by atoms with van der Waals surface area (Å²) in [4.78, 5) is 12.4. The molecular weight excluding hydrogens is 267 g/mol. The molecule has 0 saturated heterocycles. The van der Waals surface area contributed by atoms with Crippen LogP contribution in [0.4, 0.5) is 4.39 Å². The number of aromatic nitrogens is 2. The van der Waals surface area contributed by atoms with Gasteiger partial charge in [-0.15, -0.1) is 0 Å². The Labute approximate surface area is 116 Å². The maximum atomic E-state index is 13.8. The molecule has 1 aromatic carbocycles. The van der Waals surface area contributed by atoms with Gasteiger partial charge in [-0.2, -0.15) is 5.10 Å². The first-order valence-corrected chi connectivity index (χ1v) is 6.33. The average Bonchev–Trinajstić information content (AvgIpc) is 2.73. The van der Waals surface area contributed by atoms with E-state index in [2.05, 4.69) is 5.10 Å². The molecule has 0 spiro atoms. The lowest BCUT2D eigenvalue weighted by Crippen LogP contribution is -2.15. The second-order valence-electron chi connectivity index (χ2n) is 4.69. The minimum Gasteiger partial charge on any atom is -0.287 e. The van der Waals surface area contributed by atoms with Crippen molar-refractivity contribution in [1.82, 2.24) is 9.78 Å². The van der Waals surface area contributed by atoms with Gasteiger partial charge in [0, 0.05) is 6.04 Å². The Bertz CT molecular complexity index is 634. The lowest BCUT2D eigenvalue weighted by atomic mass is 10.0. The van der Waals surface area contributed by atoms with E-state index in [0.717, 1.165) is 5.56 Å². The molecule has 0 N–H and O–H groups in total. The summed E-state index contributed by atoms with van der Waals surface area (Å²) >= 11 is 6.00. The predicted molar refractivity (Wildman–Crippen MR) is 72.2 cm³/mol. The number of carbonyl (C=O) groups excluding carboxylic acids is 1. The molecule has 2 aromatic rings. The van der Waals surface area contributed by atoms with E-state index in [1.54, 1.807) is 13.0 Å². The highest BCUT2D eigenvalue weighted by Gasteiger charge is 2.23. The van der Waals surface area contributed by atoms with Gasteiger partial charge < -0.3 is 0 Å². The monoisotopic (exact) mass is 280 g/mol. The lowest BCUT2D eigenvalue weighted by Gasteiger charge is -2.11. The van der Waals surface area contributed by atoms with Gasteiger partial charge in [0.15, 0.2) is 0 Å². The molecule has 2 rings (SSSR count). The summed E-state index contributed by atoms with van der Waals surface area (Å²) in [6.45, 7) is 5.57. The third-order valence-electron chi connectivity index (χ3n) is 2.82. The Hall–Kier alpha value is -1.68. The van der Waals surface area contributed by atoms with Crippen LogP contribution in [0.2, 0.25) is 5.02 Å². The SMILES string of the molecule is Cc1ccc(F)c(C(=O)c2c(Cl)cnn2C(C)C)c1. The highest BCUT2D eigenvalue weighted by Crippen LogP contribution is 2.23. The van der Waals surface area contributed by atoms with Crippen molar-refractivity contribution in [1.29, 1.82) is 0 Å². The molecule has 0 saturated carbocycles. The van der Waals surface area contributed by atoms with Crippen molar-refractivity contribution >= 4 is 17.4 Å². The van der Waals surface area contributed by atoms with Gasteiger partial charge in [-0.05, 0) is 32.9 Å². The third kappa shape index (κ3) is 2.54. The fourth-order valence-electron chi connectivity index (χ4n) is 1.89. The Kier molecular flexibility index (Phi) is 3.71. The molecule has 0 unspecified atom stereocenters. The van der Waals surface area contributed by atoms with Crippen LogP contribution in [0, 0.1) is 12.7 Å². The summed E-state index contributed by atoms with van der Waals surface area (Å²) in [5, 5.41) is 4.29. The number of hydrogen-bond donors (Lipinski definition) is 0. The lowest BCUT2D eigenvalue weighted by molar-refractivity contribution is 0.102. The first-order chi connectivity index (χ1) is 8.91. The molecule has 1 aromatic heterocycles. The van der Waals surface area contributed by atoms with Crippen molar-refractivity contribution in [2.45, 2.75) is 26.8 Å². The summed E-state index contributed by atoms with van der Waals surface area (Å²) < 4.78 is 15.3. The molecule has 19 heavy (non-hydrogen) atoms. The topological polar surface area (TPSA) is 34.9 Å².